The normalized spacial score (nSPS) is 19.9. The Kier molecular flexibility index (Phi) is 5.13. The zero-order valence-corrected chi connectivity index (χ0v) is 17.9. The summed E-state index contributed by atoms with van der Waals surface area (Å²) >= 11 is 1.39. The lowest BCUT2D eigenvalue weighted by molar-refractivity contribution is -0.384. The molecule has 0 saturated carbocycles. The van der Waals surface area contributed by atoms with Crippen LogP contribution in [0.5, 0.6) is 5.88 Å². The summed E-state index contributed by atoms with van der Waals surface area (Å²) < 4.78 is 13.2. The van der Waals surface area contributed by atoms with E-state index in [0.29, 0.717) is 43.5 Å². The molecule has 2 saturated heterocycles. The lowest BCUT2D eigenvalue weighted by atomic mass is 9.97. The molecule has 1 spiro atoms. The van der Waals surface area contributed by atoms with Gasteiger partial charge in [0.1, 0.15) is 0 Å². The first-order valence-electron chi connectivity index (χ1n) is 10.3. The van der Waals surface area contributed by atoms with E-state index in [4.69, 9.17) is 9.47 Å². The number of nitro groups is 1. The van der Waals surface area contributed by atoms with Gasteiger partial charge in [-0.05, 0) is 5.56 Å². The zero-order valence-electron chi connectivity index (χ0n) is 17.1. The molecule has 0 amide bonds. The minimum atomic E-state index is -0.514. The van der Waals surface area contributed by atoms with Crippen LogP contribution in [-0.2, 0) is 15.9 Å². The number of non-ortho nitro benzene ring substituents is 1. The average Bonchev–Trinajstić information content (AvgIpc) is 3.48. The van der Waals surface area contributed by atoms with Crippen LogP contribution >= 0.6 is 11.3 Å². The summed E-state index contributed by atoms with van der Waals surface area (Å²) in [5.74, 6) is 0.222. The Hall–Kier alpha value is -2.60. The third-order valence-corrected chi connectivity index (χ3v) is 7.04. The minimum absolute atomic E-state index is 0.0345. The van der Waals surface area contributed by atoms with E-state index in [2.05, 4.69) is 15.0 Å². The van der Waals surface area contributed by atoms with Gasteiger partial charge in [0.2, 0.25) is 10.8 Å². The fraction of sp³-hybridized carbons (Fsp3) is 0.500. The highest BCUT2D eigenvalue weighted by atomic mass is 32.1. The van der Waals surface area contributed by atoms with Crippen molar-refractivity contribution in [2.45, 2.75) is 38.0 Å². The summed E-state index contributed by atoms with van der Waals surface area (Å²) in [5, 5.41) is 26.5. The number of nitro benzene ring substituents is 1. The van der Waals surface area contributed by atoms with Gasteiger partial charge < -0.3 is 14.6 Å². The molecule has 0 radical (unpaired) electrons. The van der Waals surface area contributed by atoms with Crippen molar-refractivity contribution in [2.24, 2.45) is 0 Å². The highest BCUT2D eigenvalue weighted by molar-refractivity contribution is 7.17. The molecule has 5 rings (SSSR count). The lowest BCUT2D eigenvalue weighted by Crippen LogP contribution is -2.46. The van der Waals surface area contributed by atoms with Crippen LogP contribution in [0.1, 0.15) is 42.1 Å². The Morgan fingerprint density at radius 3 is 2.52 bits per heavy atom. The number of likely N-dealkylation sites (tertiary alicyclic amines) is 1. The van der Waals surface area contributed by atoms with Crippen molar-refractivity contribution in [2.75, 3.05) is 26.3 Å². The summed E-state index contributed by atoms with van der Waals surface area (Å²) in [6.07, 6.45) is 2.12. The monoisotopic (exact) mass is 445 g/mol. The second kappa shape index (κ2) is 7.83. The average molecular weight is 446 g/mol. The Labute approximate surface area is 182 Å². The second-order valence-corrected chi connectivity index (χ2v) is 8.77. The number of aromatic hydroxyl groups is 1. The van der Waals surface area contributed by atoms with E-state index in [-0.39, 0.29) is 17.6 Å². The minimum Gasteiger partial charge on any atom is -0.492 e. The quantitative estimate of drug-likeness (QED) is 0.471. The molecular weight excluding hydrogens is 422 g/mol. The summed E-state index contributed by atoms with van der Waals surface area (Å²) in [7, 11) is 0. The number of aromatic nitrogens is 3. The molecule has 31 heavy (non-hydrogen) atoms. The van der Waals surface area contributed by atoms with Crippen LogP contribution in [0.25, 0.3) is 4.96 Å². The molecule has 1 aromatic carbocycles. The van der Waals surface area contributed by atoms with Gasteiger partial charge in [0, 0.05) is 44.5 Å². The van der Waals surface area contributed by atoms with Gasteiger partial charge in [-0.2, -0.15) is 4.52 Å². The van der Waals surface area contributed by atoms with Crippen molar-refractivity contribution in [3.8, 4) is 5.88 Å². The summed E-state index contributed by atoms with van der Waals surface area (Å²) in [5.41, 5.74) is 0.901. The Morgan fingerprint density at radius 2 is 1.94 bits per heavy atom. The number of hydrogen-bond donors (Lipinski definition) is 1. The third-order valence-electron chi connectivity index (χ3n) is 5.97. The summed E-state index contributed by atoms with van der Waals surface area (Å²) in [6, 6.07) is 6.23. The maximum absolute atomic E-state index is 11.1. The largest absolute Gasteiger partial charge is 0.492 e. The van der Waals surface area contributed by atoms with Crippen LogP contribution in [0.4, 0.5) is 5.69 Å². The van der Waals surface area contributed by atoms with Gasteiger partial charge in [-0.1, -0.05) is 30.4 Å². The molecule has 2 aromatic heterocycles. The van der Waals surface area contributed by atoms with Crippen LogP contribution in [0.15, 0.2) is 24.3 Å². The molecule has 2 aliphatic rings. The van der Waals surface area contributed by atoms with Crippen LogP contribution in [-0.4, -0.2) is 61.6 Å². The fourth-order valence-electron chi connectivity index (χ4n) is 4.33. The smallest absolute Gasteiger partial charge is 0.269 e. The van der Waals surface area contributed by atoms with Gasteiger partial charge in [0.05, 0.1) is 29.1 Å². The Bertz CT molecular complexity index is 1100. The number of piperidine rings is 1. The van der Waals surface area contributed by atoms with E-state index in [0.717, 1.165) is 23.3 Å². The molecule has 3 aromatic rings. The SMILES string of the molecule is CCc1nc2sc([C@H](c3ccc([N+](=O)[O-])cc3)N3CCC4(CC3)OCCO4)c(O)n2n1. The van der Waals surface area contributed by atoms with Gasteiger partial charge in [0.25, 0.3) is 5.69 Å². The van der Waals surface area contributed by atoms with Crippen LogP contribution in [0, 0.1) is 10.1 Å². The number of thiazole rings is 1. The predicted molar refractivity (Wildman–Crippen MR) is 112 cm³/mol. The molecule has 11 heteroatoms. The van der Waals surface area contributed by atoms with Gasteiger partial charge in [-0.25, -0.2) is 4.98 Å². The molecule has 10 nitrogen and oxygen atoms in total. The number of rotatable bonds is 5. The van der Waals surface area contributed by atoms with Crippen LogP contribution < -0.4 is 0 Å². The maximum atomic E-state index is 11.1. The number of fused-ring (bicyclic) bond motifs is 1. The summed E-state index contributed by atoms with van der Waals surface area (Å²) in [6.45, 7) is 4.60. The number of benzene rings is 1. The fourth-order valence-corrected chi connectivity index (χ4v) is 5.47. The van der Waals surface area contributed by atoms with Crippen molar-refractivity contribution in [1.82, 2.24) is 19.5 Å². The molecule has 1 N–H and O–H groups in total. The van der Waals surface area contributed by atoms with Crippen LogP contribution in [0.2, 0.25) is 0 Å². The number of aryl methyl sites for hydroxylation is 1. The van der Waals surface area contributed by atoms with Crippen molar-refractivity contribution < 1.29 is 19.5 Å². The second-order valence-electron chi connectivity index (χ2n) is 7.76. The molecule has 0 aliphatic carbocycles. The molecule has 2 fully saturated rings. The molecule has 0 bridgehead atoms. The van der Waals surface area contributed by atoms with E-state index in [9.17, 15) is 15.2 Å². The molecule has 4 heterocycles. The lowest BCUT2D eigenvalue weighted by Gasteiger charge is -2.41. The molecular formula is C20H23N5O5S. The van der Waals surface area contributed by atoms with Gasteiger partial charge in [0.15, 0.2) is 11.6 Å². The molecule has 0 unspecified atom stereocenters. The third kappa shape index (κ3) is 3.57. The highest BCUT2D eigenvalue weighted by Gasteiger charge is 2.42. The topological polar surface area (TPSA) is 115 Å². The number of nitrogens with zero attached hydrogens (tertiary/aromatic N) is 5. The van der Waals surface area contributed by atoms with Crippen molar-refractivity contribution in [3.63, 3.8) is 0 Å². The van der Waals surface area contributed by atoms with Gasteiger partial charge >= 0.3 is 0 Å². The van der Waals surface area contributed by atoms with Crippen molar-refractivity contribution in [1.29, 1.82) is 0 Å². The predicted octanol–water partition coefficient (Wildman–Crippen LogP) is 2.90. The van der Waals surface area contributed by atoms with E-state index in [1.54, 1.807) is 12.1 Å². The molecule has 164 valence electrons. The van der Waals surface area contributed by atoms with E-state index in [1.165, 1.54) is 28.0 Å². The first-order valence-corrected chi connectivity index (χ1v) is 11.1. The van der Waals surface area contributed by atoms with Crippen molar-refractivity contribution in [3.05, 3.63) is 50.6 Å². The standard InChI is InChI=1S/C20H23N5O5S/c1-2-15-21-19-24(22-15)18(26)17(31-19)16(13-3-5-14(6-4-13)25(27)28)23-9-7-20(8-10-23)29-11-12-30-20/h3-6,16,26H,2,7-12H2,1H3/t16-/m0/s1. The number of hydrogen-bond acceptors (Lipinski definition) is 9. The first-order chi connectivity index (χ1) is 15.0. The van der Waals surface area contributed by atoms with Crippen LogP contribution in [0.3, 0.4) is 0 Å². The van der Waals surface area contributed by atoms with Gasteiger partial charge in [-0.15, -0.1) is 5.10 Å². The van der Waals surface area contributed by atoms with E-state index < -0.39 is 10.7 Å². The van der Waals surface area contributed by atoms with E-state index >= 15 is 0 Å². The van der Waals surface area contributed by atoms with Crippen molar-refractivity contribution >= 4 is 22.0 Å². The maximum Gasteiger partial charge on any atom is 0.269 e. The Morgan fingerprint density at radius 1 is 1.26 bits per heavy atom. The van der Waals surface area contributed by atoms with E-state index in [1.807, 2.05) is 6.92 Å². The zero-order chi connectivity index (χ0) is 21.6. The Balaban J connectivity index is 1.52. The highest BCUT2D eigenvalue weighted by Crippen LogP contribution is 2.43. The molecule has 2 aliphatic heterocycles. The first kappa shape index (κ1) is 20.3. The van der Waals surface area contributed by atoms with Gasteiger partial charge in [-0.3, -0.25) is 15.0 Å². The number of ether oxygens (including phenoxy) is 2. The summed E-state index contributed by atoms with van der Waals surface area (Å²) in [4.78, 5) is 18.8. The molecule has 1 atom stereocenters.